The predicted molar refractivity (Wildman–Crippen MR) is 86.5 cm³/mol. The van der Waals surface area contributed by atoms with E-state index in [4.69, 9.17) is 10.4 Å². The molecule has 0 aliphatic carbocycles. The number of amides is 1. The molecule has 116 valence electrons. The van der Waals surface area contributed by atoms with Gasteiger partial charge in [-0.2, -0.15) is 5.26 Å². The number of carboxylic acid groups (broad SMARTS) is 1. The number of anilines is 1. The van der Waals surface area contributed by atoms with Crippen molar-refractivity contribution in [3.8, 4) is 6.07 Å². The molecule has 6 heteroatoms. The van der Waals surface area contributed by atoms with Crippen LogP contribution in [0, 0.1) is 11.3 Å². The van der Waals surface area contributed by atoms with Gasteiger partial charge in [0.2, 0.25) is 0 Å². The summed E-state index contributed by atoms with van der Waals surface area (Å²) in [5.74, 6) is -1.62. The third-order valence-electron chi connectivity index (χ3n) is 3.15. The van der Waals surface area contributed by atoms with Crippen LogP contribution in [0.3, 0.4) is 0 Å². The topological polar surface area (TPSA) is 102 Å². The lowest BCUT2D eigenvalue weighted by Crippen LogP contribution is -2.27. The van der Waals surface area contributed by atoms with Gasteiger partial charge in [0.05, 0.1) is 6.42 Å². The summed E-state index contributed by atoms with van der Waals surface area (Å²) in [7, 11) is 0. The summed E-state index contributed by atoms with van der Waals surface area (Å²) in [5, 5.41) is 24.9. The van der Waals surface area contributed by atoms with Gasteiger partial charge in [-0.15, -0.1) is 0 Å². The lowest BCUT2D eigenvalue weighted by atomic mass is 10.1. The second-order valence-corrected chi connectivity index (χ2v) is 4.74. The van der Waals surface area contributed by atoms with Crippen LogP contribution in [-0.4, -0.2) is 23.5 Å². The fourth-order valence-electron chi connectivity index (χ4n) is 2.03. The SMILES string of the molecule is N#C/C(=C/Nc1cccc2ccccc12)C(=O)NCCC(=O)O. The quantitative estimate of drug-likeness (QED) is 0.561. The molecule has 0 saturated heterocycles. The molecule has 0 radical (unpaired) electrons. The first-order valence-corrected chi connectivity index (χ1v) is 6.96. The molecule has 23 heavy (non-hydrogen) atoms. The highest BCUT2D eigenvalue weighted by atomic mass is 16.4. The van der Waals surface area contributed by atoms with Crippen molar-refractivity contribution in [1.82, 2.24) is 5.32 Å². The van der Waals surface area contributed by atoms with Crippen molar-refractivity contribution in [2.45, 2.75) is 6.42 Å². The molecule has 0 fully saturated rings. The van der Waals surface area contributed by atoms with Crippen LogP contribution >= 0.6 is 0 Å². The second-order valence-electron chi connectivity index (χ2n) is 4.74. The third-order valence-corrected chi connectivity index (χ3v) is 3.15. The summed E-state index contributed by atoms with van der Waals surface area (Å²) in [6, 6.07) is 15.2. The van der Waals surface area contributed by atoms with E-state index in [1.165, 1.54) is 6.20 Å². The fourth-order valence-corrected chi connectivity index (χ4v) is 2.03. The van der Waals surface area contributed by atoms with Crippen LogP contribution in [0.25, 0.3) is 10.8 Å². The van der Waals surface area contributed by atoms with E-state index in [2.05, 4.69) is 10.6 Å². The van der Waals surface area contributed by atoms with Crippen molar-refractivity contribution in [3.63, 3.8) is 0 Å². The number of carbonyl (C=O) groups excluding carboxylic acids is 1. The highest BCUT2D eigenvalue weighted by Gasteiger charge is 2.09. The van der Waals surface area contributed by atoms with Crippen LogP contribution in [0.1, 0.15) is 6.42 Å². The largest absolute Gasteiger partial charge is 0.481 e. The van der Waals surface area contributed by atoms with Crippen molar-refractivity contribution in [1.29, 1.82) is 5.26 Å². The molecule has 2 rings (SSSR count). The van der Waals surface area contributed by atoms with Crippen LogP contribution < -0.4 is 10.6 Å². The molecule has 0 aliphatic heterocycles. The standard InChI is InChI=1S/C17H15N3O3/c18-10-13(17(23)19-9-8-16(21)22)11-20-15-7-3-5-12-4-1-2-6-14(12)15/h1-7,11,20H,8-9H2,(H,19,23)(H,21,22)/b13-11-. The maximum absolute atomic E-state index is 11.8. The summed E-state index contributed by atoms with van der Waals surface area (Å²) in [4.78, 5) is 22.2. The number of carboxylic acids is 1. The Morgan fingerprint density at radius 3 is 2.65 bits per heavy atom. The van der Waals surface area contributed by atoms with Gasteiger partial charge in [-0.25, -0.2) is 0 Å². The number of fused-ring (bicyclic) bond motifs is 1. The van der Waals surface area contributed by atoms with E-state index >= 15 is 0 Å². The Morgan fingerprint density at radius 1 is 1.17 bits per heavy atom. The first-order chi connectivity index (χ1) is 11.1. The Bertz CT molecular complexity index is 801. The molecule has 2 aromatic rings. The Kier molecular flexibility index (Phi) is 5.31. The molecule has 0 saturated carbocycles. The molecule has 2 aromatic carbocycles. The van der Waals surface area contributed by atoms with Crippen LogP contribution in [0.2, 0.25) is 0 Å². The first kappa shape index (κ1) is 16.0. The van der Waals surface area contributed by atoms with Crippen LogP contribution in [0.5, 0.6) is 0 Å². The van der Waals surface area contributed by atoms with E-state index in [1.54, 1.807) is 6.07 Å². The summed E-state index contributed by atoms with van der Waals surface area (Å²) in [6.07, 6.45) is 1.12. The number of aliphatic carboxylic acids is 1. The van der Waals surface area contributed by atoms with E-state index in [9.17, 15) is 9.59 Å². The average molecular weight is 309 g/mol. The number of nitrogens with one attached hydrogen (secondary N) is 2. The molecule has 0 spiro atoms. The van der Waals surface area contributed by atoms with Gasteiger partial charge >= 0.3 is 5.97 Å². The second kappa shape index (κ2) is 7.61. The number of carbonyl (C=O) groups is 2. The lowest BCUT2D eigenvalue weighted by molar-refractivity contribution is -0.136. The molecule has 6 nitrogen and oxygen atoms in total. The summed E-state index contributed by atoms with van der Waals surface area (Å²) in [6.45, 7) is -0.0263. The highest BCUT2D eigenvalue weighted by molar-refractivity contribution is 5.99. The minimum atomic E-state index is -1.01. The van der Waals surface area contributed by atoms with E-state index < -0.39 is 11.9 Å². The normalized spacial score (nSPS) is 10.8. The summed E-state index contributed by atoms with van der Waals surface area (Å²) >= 11 is 0. The van der Waals surface area contributed by atoms with Crippen LogP contribution in [-0.2, 0) is 9.59 Å². The van der Waals surface area contributed by atoms with Gasteiger partial charge in [-0.3, -0.25) is 9.59 Å². The maximum atomic E-state index is 11.8. The molecule has 0 atom stereocenters. The number of hydrogen-bond acceptors (Lipinski definition) is 4. The number of hydrogen-bond donors (Lipinski definition) is 3. The number of benzene rings is 2. The Morgan fingerprint density at radius 2 is 1.91 bits per heavy atom. The molecule has 0 aliphatic rings. The van der Waals surface area contributed by atoms with Crippen LogP contribution in [0.15, 0.2) is 54.2 Å². The molecular formula is C17H15N3O3. The van der Waals surface area contributed by atoms with Crippen molar-refractivity contribution >= 4 is 28.3 Å². The number of nitriles is 1. The van der Waals surface area contributed by atoms with Crippen molar-refractivity contribution < 1.29 is 14.7 Å². The third kappa shape index (κ3) is 4.32. The highest BCUT2D eigenvalue weighted by Crippen LogP contribution is 2.23. The minimum Gasteiger partial charge on any atom is -0.481 e. The van der Waals surface area contributed by atoms with E-state index in [0.717, 1.165) is 16.5 Å². The molecule has 0 bridgehead atoms. The minimum absolute atomic E-state index is 0.0263. The van der Waals surface area contributed by atoms with Crippen molar-refractivity contribution in [2.75, 3.05) is 11.9 Å². The fraction of sp³-hybridized carbons (Fsp3) is 0.118. The van der Waals surface area contributed by atoms with Gasteiger partial charge in [-0.1, -0.05) is 36.4 Å². The molecular weight excluding hydrogens is 294 g/mol. The molecule has 0 aromatic heterocycles. The monoisotopic (exact) mass is 309 g/mol. The van der Waals surface area contributed by atoms with Gasteiger partial charge in [0.15, 0.2) is 0 Å². The molecule has 1 amide bonds. The summed E-state index contributed by atoms with van der Waals surface area (Å²) in [5.41, 5.74) is 0.650. The lowest BCUT2D eigenvalue weighted by Gasteiger charge is -2.07. The Hall–Kier alpha value is -3.33. The van der Waals surface area contributed by atoms with Gasteiger partial charge in [-0.05, 0) is 11.5 Å². The van der Waals surface area contributed by atoms with Crippen molar-refractivity contribution in [3.05, 3.63) is 54.2 Å². The molecule has 0 unspecified atom stereocenters. The Balaban J connectivity index is 2.11. The predicted octanol–water partition coefficient (Wildman–Crippen LogP) is 2.25. The summed E-state index contributed by atoms with van der Waals surface area (Å²) < 4.78 is 0. The average Bonchev–Trinajstić information content (AvgIpc) is 2.55. The van der Waals surface area contributed by atoms with Gasteiger partial charge in [0, 0.05) is 23.8 Å². The van der Waals surface area contributed by atoms with Gasteiger partial charge in [0.25, 0.3) is 5.91 Å². The zero-order valence-electron chi connectivity index (χ0n) is 12.2. The number of nitrogens with zero attached hydrogens (tertiary/aromatic N) is 1. The Labute approximate surface area is 133 Å². The zero-order valence-corrected chi connectivity index (χ0v) is 12.2. The van der Waals surface area contributed by atoms with Gasteiger partial charge in [0.1, 0.15) is 11.6 Å². The van der Waals surface area contributed by atoms with E-state index in [-0.39, 0.29) is 18.5 Å². The molecule has 3 N–H and O–H groups in total. The smallest absolute Gasteiger partial charge is 0.305 e. The number of rotatable bonds is 6. The van der Waals surface area contributed by atoms with Gasteiger partial charge < -0.3 is 15.7 Å². The van der Waals surface area contributed by atoms with Crippen LogP contribution in [0.4, 0.5) is 5.69 Å². The zero-order chi connectivity index (χ0) is 16.7. The van der Waals surface area contributed by atoms with E-state index in [0.29, 0.717) is 0 Å². The van der Waals surface area contributed by atoms with E-state index in [1.807, 2.05) is 42.5 Å². The first-order valence-electron chi connectivity index (χ1n) is 6.96. The maximum Gasteiger partial charge on any atom is 0.305 e. The van der Waals surface area contributed by atoms with Crippen molar-refractivity contribution in [2.24, 2.45) is 0 Å². The molecule has 0 heterocycles.